The summed E-state index contributed by atoms with van der Waals surface area (Å²) in [6.45, 7) is 4.67. The number of aromatic nitrogens is 9. The molecule has 0 spiro atoms. The van der Waals surface area contributed by atoms with Gasteiger partial charge in [-0.3, -0.25) is 0 Å². The van der Waals surface area contributed by atoms with Gasteiger partial charge >= 0.3 is 6.48 Å². The summed E-state index contributed by atoms with van der Waals surface area (Å²) in [6, 6.07) is 40.4. The molecule has 0 amide bonds. The highest BCUT2D eigenvalue weighted by Crippen LogP contribution is 2.32. The third kappa shape index (κ3) is 5.92. The maximum absolute atomic E-state index is 6.67. The lowest BCUT2D eigenvalue weighted by Crippen LogP contribution is -2.32. The van der Waals surface area contributed by atoms with Gasteiger partial charge in [0.2, 0.25) is 0 Å². The van der Waals surface area contributed by atoms with Gasteiger partial charge in [-0.15, -0.1) is 45.0 Å². The molecule has 6 aromatic carbocycles. The van der Waals surface area contributed by atoms with Crippen molar-refractivity contribution in [1.82, 2.24) is 45.0 Å². The standard InChI is InChI=1S/C40H31N9O3/c1-25-16-19-37(34(22-25)47-41-28-10-4-5-11-29(28)42-47)50-40(51-38-20-17-26(2)23-35(38)48-43-30-12-6-7-13-31(30)44-48)52-39-21-18-27(3)24-36(39)49-45-32-14-8-9-15-33(32)46-49/h4-24,40H,1-3H3. The largest absolute Gasteiger partial charge is 0.420 e. The van der Waals surface area contributed by atoms with Crippen molar-refractivity contribution in [3.8, 4) is 34.3 Å². The van der Waals surface area contributed by atoms with Crippen molar-refractivity contribution in [2.75, 3.05) is 0 Å². The monoisotopic (exact) mass is 685 g/mol. The summed E-state index contributed by atoms with van der Waals surface area (Å²) in [4.78, 5) is 4.70. The van der Waals surface area contributed by atoms with Crippen LogP contribution in [0.2, 0.25) is 0 Å². The smallest absolute Gasteiger partial charge is 0.406 e. The normalized spacial score (nSPS) is 11.5. The lowest BCUT2D eigenvalue weighted by atomic mass is 10.2. The Bertz CT molecular complexity index is 2350. The van der Waals surface area contributed by atoms with Gasteiger partial charge in [-0.2, -0.15) is 0 Å². The van der Waals surface area contributed by atoms with E-state index in [-0.39, 0.29) is 0 Å². The first kappa shape index (κ1) is 30.9. The summed E-state index contributed by atoms with van der Waals surface area (Å²) < 4.78 is 20.0. The second-order valence-corrected chi connectivity index (χ2v) is 12.5. The van der Waals surface area contributed by atoms with Crippen molar-refractivity contribution in [3.63, 3.8) is 0 Å². The predicted octanol–water partition coefficient (Wildman–Crippen LogP) is 7.63. The second kappa shape index (κ2) is 12.7. The molecule has 0 aliphatic carbocycles. The van der Waals surface area contributed by atoms with Gasteiger partial charge in [0.05, 0.1) is 0 Å². The summed E-state index contributed by atoms with van der Waals surface area (Å²) in [6.07, 6.45) is 0. The van der Waals surface area contributed by atoms with E-state index in [1.165, 1.54) is 0 Å². The Morgan fingerprint density at radius 2 is 0.615 bits per heavy atom. The minimum absolute atomic E-state index is 0.434. The minimum Gasteiger partial charge on any atom is -0.420 e. The van der Waals surface area contributed by atoms with Gasteiger partial charge in [0, 0.05) is 0 Å². The molecule has 0 saturated heterocycles. The van der Waals surface area contributed by atoms with E-state index in [1.807, 2.05) is 148 Å². The van der Waals surface area contributed by atoms with Gasteiger partial charge in [-0.1, -0.05) is 54.6 Å². The van der Waals surface area contributed by atoms with E-state index < -0.39 is 6.48 Å². The molecule has 3 aromatic heterocycles. The third-order valence-electron chi connectivity index (χ3n) is 8.52. The highest BCUT2D eigenvalue weighted by Gasteiger charge is 2.24. The number of rotatable bonds is 9. The Kier molecular flexibility index (Phi) is 7.54. The molecule has 0 unspecified atom stereocenters. The second-order valence-electron chi connectivity index (χ2n) is 12.5. The molecule has 12 heteroatoms. The maximum Gasteiger partial charge on any atom is 0.406 e. The maximum atomic E-state index is 6.67. The van der Waals surface area contributed by atoms with Gasteiger partial charge in [0.15, 0.2) is 17.2 Å². The molecule has 0 atom stereocenters. The Morgan fingerprint density at radius 1 is 0.365 bits per heavy atom. The molecule has 0 saturated carbocycles. The molecule has 9 aromatic rings. The van der Waals surface area contributed by atoms with Gasteiger partial charge in [-0.05, 0) is 110 Å². The first-order valence-electron chi connectivity index (χ1n) is 16.7. The first-order chi connectivity index (χ1) is 25.4. The summed E-state index contributed by atoms with van der Waals surface area (Å²) in [5.74, 6) is 1.30. The van der Waals surface area contributed by atoms with Crippen molar-refractivity contribution in [3.05, 3.63) is 144 Å². The van der Waals surface area contributed by atoms with E-state index in [9.17, 15) is 0 Å². The molecule has 0 radical (unpaired) electrons. The van der Waals surface area contributed by atoms with E-state index in [0.717, 1.165) is 49.8 Å². The topological polar surface area (TPSA) is 120 Å². The number of benzene rings is 6. The Morgan fingerprint density at radius 3 is 0.865 bits per heavy atom. The number of aryl methyl sites for hydroxylation is 3. The fourth-order valence-corrected chi connectivity index (χ4v) is 5.94. The van der Waals surface area contributed by atoms with Gasteiger partial charge < -0.3 is 14.2 Å². The van der Waals surface area contributed by atoms with Gasteiger partial charge in [0.1, 0.15) is 50.2 Å². The van der Waals surface area contributed by atoms with Crippen molar-refractivity contribution in [2.45, 2.75) is 27.2 Å². The SMILES string of the molecule is Cc1ccc(OC(Oc2ccc(C)cc2-n2nc3ccccc3n2)Oc2ccc(C)cc2-n2nc3ccccc3n2)c(-n2nc3ccccc3n2)c1. The Balaban J connectivity index is 1.15. The fourth-order valence-electron chi connectivity index (χ4n) is 5.94. The van der Waals surface area contributed by atoms with E-state index in [0.29, 0.717) is 34.3 Å². The van der Waals surface area contributed by atoms with E-state index >= 15 is 0 Å². The molecule has 0 bridgehead atoms. The van der Waals surface area contributed by atoms with Crippen molar-refractivity contribution >= 4 is 33.1 Å². The molecule has 0 N–H and O–H groups in total. The van der Waals surface area contributed by atoms with Crippen LogP contribution in [-0.4, -0.2) is 51.5 Å². The lowest BCUT2D eigenvalue weighted by molar-refractivity contribution is -0.140. The van der Waals surface area contributed by atoms with Crippen LogP contribution in [0, 0.1) is 20.8 Å². The quantitative estimate of drug-likeness (QED) is 0.141. The first-order valence-corrected chi connectivity index (χ1v) is 16.7. The van der Waals surface area contributed by atoms with Crippen LogP contribution in [0.3, 0.4) is 0 Å². The van der Waals surface area contributed by atoms with E-state index in [2.05, 4.69) is 0 Å². The number of hydrogen-bond donors (Lipinski definition) is 0. The molecule has 0 aliphatic heterocycles. The zero-order valence-electron chi connectivity index (χ0n) is 28.5. The summed E-state index contributed by atoms with van der Waals surface area (Å²) in [5, 5.41) is 28.4. The van der Waals surface area contributed by atoms with Crippen LogP contribution in [0.1, 0.15) is 16.7 Å². The Labute approximate surface area is 297 Å². The predicted molar refractivity (Wildman–Crippen MR) is 196 cm³/mol. The van der Waals surface area contributed by atoms with Crippen LogP contribution in [0.5, 0.6) is 17.2 Å². The minimum atomic E-state index is -1.33. The molecule has 0 aliphatic rings. The molecule has 52 heavy (non-hydrogen) atoms. The zero-order valence-corrected chi connectivity index (χ0v) is 28.5. The molecule has 3 heterocycles. The molecule has 254 valence electrons. The van der Waals surface area contributed by atoms with Crippen LogP contribution in [0.15, 0.2) is 127 Å². The summed E-state index contributed by atoms with van der Waals surface area (Å²) >= 11 is 0. The highest BCUT2D eigenvalue weighted by molar-refractivity contribution is 5.75. The van der Waals surface area contributed by atoms with Crippen LogP contribution >= 0.6 is 0 Å². The number of hydrogen-bond acceptors (Lipinski definition) is 9. The lowest BCUT2D eigenvalue weighted by Gasteiger charge is -2.24. The summed E-state index contributed by atoms with van der Waals surface area (Å²) in [7, 11) is 0. The van der Waals surface area contributed by atoms with E-state index in [1.54, 1.807) is 14.4 Å². The molecule has 12 nitrogen and oxygen atoms in total. The summed E-state index contributed by atoms with van der Waals surface area (Å²) in [5.41, 5.74) is 9.36. The average Bonchev–Trinajstić information content (AvgIpc) is 3.90. The number of ether oxygens (including phenoxy) is 3. The van der Waals surface area contributed by atoms with Crippen molar-refractivity contribution in [2.24, 2.45) is 0 Å². The fraction of sp³-hybridized carbons (Fsp3) is 0.100. The zero-order chi connectivity index (χ0) is 35.2. The average molecular weight is 686 g/mol. The van der Waals surface area contributed by atoms with E-state index in [4.69, 9.17) is 44.8 Å². The number of nitrogens with zero attached hydrogens (tertiary/aromatic N) is 9. The molecular formula is C40H31N9O3. The highest BCUT2D eigenvalue weighted by atomic mass is 16.8. The van der Waals surface area contributed by atoms with Crippen LogP contribution < -0.4 is 14.2 Å². The molecular weight excluding hydrogens is 654 g/mol. The van der Waals surface area contributed by atoms with Crippen molar-refractivity contribution < 1.29 is 14.2 Å². The van der Waals surface area contributed by atoms with Gasteiger partial charge in [0.25, 0.3) is 0 Å². The Hall–Kier alpha value is -7.08. The van der Waals surface area contributed by atoms with Crippen molar-refractivity contribution in [1.29, 1.82) is 0 Å². The van der Waals surface area contributed by atoms with Crippen LogP contribution in [0.25, 0.3) is 50.2 Å². The third-order valence-corrected chi connectivity index (χ3v) is 8.52. The molecule has 0 fully saturated rings. The van der Waals surface area contributed by atoms with Gasteiger partial charge in [-0.25, -0.2) is 0 Å². The number of fused-ring (bicyclic) bond motifs is 3. The molecule has 9 rings (SSSR count). The van der Waals surface area contributed by atoms with Crippen LogP contribution in [-0.2, 0) is 0 Å². The van der Waals surface area contributed by atoms with Crippen LogP contribution in [0.4, 0.5) is 0 Å².